The van der Waals surface area contributed by atoms with Crippen molar-refractivity contribution >= 4 is 16.3 Å². The molecule has 0 heterocycles. The third kappa shape index (κ3) is 5.25. The average molecular weight is 292 g/mol. The molecule has 0 spiro atoms. The minimum absolute atomic E-state index is 0.156. The Balaban J connectivity index is 2.77. The molecule has 1 aromatic carbocycles. The Morgan fingerprint density at radius 2 is 2.05 bits per heavy atom. The molecule has 0 aliphatic heterocycles. The molecule has 0 radical (unpaired) electrons. The van der Waals surface area contributed by atoms with Crippen LogP contribution in [0, 0.1) is 0 Å². The number of unbranched alkanes of at least 4 members (excludes halogenated alkanes) is 2. The summed E-state index contributed by atoms with van der Waals surface area (Å²) in [4.78, 5) is 11.9. The monoisotopic (exact) mass is 292 g/mol. The summed E-state index contributed by atoms with van der Waals surface area (Å²) in [6.45, 7) is 4.30. The van der Waals surface area contributed by atoms with Gasteiger partial charge in [-0.05, 0) is 31.4 Å². The molecule has 0 aliphatic rings. The Morgan fingerprint density at radius 1 is 1.30 bits per heavy atom. The van der Waals surface area contributed by atoms with Crippen LogP contribution in [0.4, 0.5) is 0 Å². The van der Waals surface area contributed by atoms with Crippen LogP contribution in [0.5, 0.6) is 5.75 Å². The van der Waals surface area contributed by atoms with Gasteiger partial charge in [0.15, 0.2) is 10.4 Å². The van der Waals surface area contributed by atoms with Crippen LogP contribution in [-0.2, 0) is 0 Å². The van der Waals surface area contributed by atoms with Crippen molar-refractivity contribution in [1.82, 2.24) is 0 Å². The second kappa shape index (κ2) is 9.42. The van der Waals surface area contributed by atoms with E-state index in [2.05, 4.69) is 23.7 Å². The van der Waals surface area contributed by atoms with Gasteiger partial charge < -0.3 is 4.74 Å². The fourth-order valence-corrected chi connectivity index (χ4v) is 2.22. The SMILES string of the molecule is CCCCCC(CC)Oc1ccccc1C(=O)N=N[SiH3]. The van der Waals surface area contributed by atoms with E-state index in [0.29, 0.717) is 21.7 Å². The number of hydrogen-bond acceptors (Lipinski definition) is 3. The van der Waals surface area contributed by atoms with Crippen LogP contribution in [0.1, 0.15) is 56.3 Å². The quantitative estimate of drug-likeness (QED) is 0.419. The van der Waals surface area contributed by atoms with Gasteiger partial charge in [0.1, 0.15) is 5.75 Å². The van der Waals surface area contributed by atoms with Crippen LogP contribution in [-0.4, -0.2) is 22.4 Å². The minimum atomic E-state index is -0.320. The van der Waals surface area contributed by atoms with Crippen molar-refractivity contribution in [2.45, 2.75) is 52.1 Å². The lowest BCUT2D eigenvalue weighted by Crippen LogP contribution is -2.16. The Kier molecular flexibility index (Phi) is 7.80. The van der Waals surface area contributed by atoms with Gasteiger partial charge in [-0.3, -0.25) is 4.79 Å². The van der Waals surface area contributed by atoms with E-state index < -0.39 is 0 Å². The standard InChI is InChI=1S/C15H24N2O2Si/c1-3-5-6-9-12(4-2)19-14-11-8-7-10-13(14)15(18)16-17-20/h7-8,10-12H,3-6,9H2,1-2,20H3. The van der Waals surface area contributed by atoms with E-state index in [1.165, 1.54) is 12.8 Å². The van der Waals surface area contributed by atoms with E-state index in [0.717, 1.165) is 19.3 Å². The zero-order valence-corrected chi connectivity index (χ0v) is 14.6. The predicted molar refractivity (Wildman–Crippen MR) is 84.4 cm³/mol. The van der Waals surface area contributed by atoms with Gasteiger partial charge in [0.05, 0.1) is 11.7 Å². The molecule has 4 nitrogen and oxygen atoms in total. The van der Waals surface area contributed by atoms with Crippen molar-refractivity contribution in [1.29, 1.82) is 0 Å². The maximum absolute atomic E-state index is 11.9. The van der Waals surface area contributed by atoms with Gasteiger partial charge in [0.25, 0.3) is 5.91 Å². The van der Waals surface area contributed by atoms with Gasteiger partial charge in [-0.1, -0.05) is 38.8 Å². The first-order valence-electron chi connectivity index (χ1n) is 7.32. The molecule has 1 rings (SSSR count). The van der Waals surface area contributed by atoms with Gasteiger partial charge in [0, 0.05) is 0 Å². The minimum Gasteiger partial charge on any atom is -0.490 e. The van der Waals surface area contributed by atoms with E-state index in [-0.39, 0.29) is 12.0 Å². The van der Waals surface area contributed by atoms with Crippen LogP contribution in [0.3, 0.4) is 0 Å². The van der Waals surface area contributed by atoms with Crippen LogP contribution >= 0.6 is 0 Å². The average Bonchev–Trinajstić information content (AvgIpc) is 2.47. The third-order valence-electron chi connectivity index (χ3n) is 3.19. The number of carbonyl (C=O) groups excluding carboxylic acids is 1. The molecular formula is C15H24N2O2Si. The number of rotatable bonds is 8. The highest BCUT2D eigenvalue weighted by atomic mass is 28.2. The van der Waals surface area contributed by atoms with Gasteiger partial charge >= 0.3 is 0 Å². The van der Waals surface area contributed by atoms with Gasteiger partial charge in [-0.25, -0.2) is 4.78 Å². The summed E-state index contributed by atoms with van der Waals surface area (Å²) in [5.74, 6) is 0.300. The van der Waals surface area contributed by atoms with Crippen LogP contribution in [0.2, 0.25) is 0 Å². The van der Waals surface area contributed by atoms with E-state index in [9.17, 15) is 4.79 Å². The van der Waals surface area contributed by atoms with Crippen molar-refractivity contribution in [3.8, 4) is 5.75 Å². The molecule has 110 valence electrons. The van der Waals surface area contributed by atoms with Crippen LogP contribution in [0.15, 0.2) is 34.2 Å². The normalized spacial score (nSPS) is 12.7. The van der Waals surface area contributed by atoms with Crippen molar-refractivity contribution in [2.24, 2.45) is 9.89 Å². The molecule has 0 saturated carbocycles. The van der Waals surface area contributed by atoms with Gasteiger partial charge in [-0.15, -0.1) is 5.11 Å². The summed E-state index contributed by atoms with van der Waals surface area (Å²) >= 11 is 0. The van der Waals surface area contributed by atoms with E-state index in [4.69, 9.17) is 4.74 Å². The second-order valence-electron chi connectivity index (χ2n) is 4.75. The molecule has 1 unspecified atom stereocenters. The molecule has 0 fully saturated rings. The Hall–Kier alpha value is -1.49. The molecule has 1 atom stereocenters. The molecular weight excluding hydrogens is 268 g/mol. The van der Waals surface area contributed by atoms with Gasteiger partial charge in [0.2, 0.25) is 0 Å². The molecule has 1 aromatic rings. The number of ether oxygens (including phenoxy) is 1. The fraction of sp³-hybridized carbons (Fsp3) is 0.533. The predicted octanol–water partition coefficient (Wildman–Crippen LogP) is 3.30. The fourth-order valence-electron chi connectivity index (χ4n) is 2.04. The lowest BCUT2D eigenvalue weighted by Gasteiger charge is -2.18. The maximum atomic E-state index is 11.9. The summed E-state index contributed by atoms with van der Waals surface area (Å²) < 4.78 is 9.67. The zero-order chi connectivity index (χ0) is 14.8. The molecule has 0 saturated heterocycles. The van der Waals surface area contributed by atoms with E-state index in [1.807, 2.05) is 18.2 Å². The van der Waals surface area contributed by atoms with Crippen molar-refractivity contribution in [3.05, 3.63) is 29.8 Å². The number of nitrogens with zero attached hydrogens (tertiary/aromatic N) is 2. The first-order valence-corrected chi connectivity index (χ1v) is 8.22. The molecule has 0 aliphatic carbocycles. The van der Waals surface area contributed by atoms with E-state index in [1.54, 1.807) is 6.07 Å². The Labute approximate surface area is 124 Å². The molecule has 0 N–H and O–H groups in total. The summed E-state index contributed by atoms with van der Waals surface area (Å²) in [5.41, 5.74) is 0.501. The smallest absolute Gasteiger partial charge is 0.297 e. The Morgan fingerprint density at radius 3 is 2.70 bits per heavy atom. The number of amides is 1. The van der Waals surface area contributed by atoms with Crippen LogP contribution < -0.4 is 4.74 Å². The number of carbonyl (C=O) groups is 1. The maximum Gasteiger partial charge on any atom is 0.297 e. The first kappa shape index (κ1) is 16.6. The molecule has 0 aromatic heterocycles. The van der Waals surface area contributed by atoms with Crippen molar-refractivity contribution < 1.29 is 9.53 Å². The second-order valence-corrected chi connectivity index (χ2v) is 5.15. The summed E-state index contributed by atoms with van der Waals surface area (Å²) in [6, 6.07) is 7.27. The highest BCUT2D eigenvalue weighted by Gasteiger charge is 2.15. The highest BCUT2D eigenvalue weighted by Crippen LogP contribution is 2.23. The number of hydrogen-bond donors (Lipinski definition) is 0. The molecule has 0 bridgehead atoms. The van der Waals surface area contributed by atoms with Crippen LogP contribution in [0.25, 0.3) is 0 Å². The molecule has 1 amide bonds. The van der Waals surface area contributed by atoms with Crippen molar-refractivity contribution in [3.63, 3.8) is 0 Å². The third-order valence-corrected chi connectivity index (χ3v) is 3.39. The van der Waals surface area contributed by atoms with Crippen molar-refractivity contribution in [2.75, 3.05) is 0 Å². The summed E-state index contributed by atoms with van der Waals surface area (Å²) in [7, 11) is 0.533. The summed E-state index contributed by atoms with van der Waals surface area (Å²) in [6.07, 6.45) is 5.69. The lowest BCUT2D eigenvalue weighted by atomic mass is 10.1. The zero-order valence-electron chi connectivity index (χ0n) is 12.6. The largest absolute Gasteiger partial charge is 0.490 e. The molecule has 20 heavy (non-hydrogen) atoms. The number of para-hydroxylation sites is 1. The summed E-state index contributed by atoms with van der Waals surface area (Å²) in [5, 5.41) is 3.63. The molecule has 5 heteroatoms. The number of benzene rings is 1. The van der Waals surface area contributed by atoms with Gasteiger partial charge in [-0.2, -0.15) is 0 Å². The first-order chi connectivity index (χ1) is 9.72. The Bertz CT molecular complexity index is 449. The lowest BCUT2D eigenvalue weighted by molar-refractivity contribution is 0.0987. The highest BCUT2D eigenvalue weighted by molar-refractivity contribution is 6.06. The van der Waals surface area contributed by atoms with E-state index >= 15 is 0 Å². The topological polar surface area (TPSA) is 51.0 Å².